The van der Waals surface area contributed by atoms with Gasteiger partial charge in [-0.1, -0.05) is 6.07 Å². The Kier molecular flexibility index (Phi) is 5.89. The third-order valence-electron chi connectivity index (χ3n) is 5.26. The number of nitrogens with one attached hydrogen (secondary N) is 1. The summed E-state index contributed by atoms with van der Waals surface area (Å²) in [5.41, 5.74) is 10.7. The van der Waals surface area contributed by atoms with Gasteiger partial charge in [0.05, 0.1) is 11.4 Å². The van der Waals surface area contributed by atoms with E-state index in [0.29, 0.717) is 17.5 Å². The molecule has 1 fully saturated rings. The molecule has 3 N–H and O–H groups in total. The first-order valence-electron chi connectivity index (χ1n) is 9.60. The number of carbonyl (C=O) groups excluding carboxylic acids is 1. The van der Waals surface area contributed by atoms with Crippen LogP contribution < -0.4 is 20.7 Å². The second-order valence-electron chi connectivity index (χ2n) is 7.40. The Bertz CT molecular complexity index is 819. The van der Waals surface area contributed by atoms with E-state index >= 15 is 0 Å². The average molecular weight is 367 g/mol. The third-order valence-corrected chi connectivity index (χ3v) is 5.26. The van der Waals surface area contributed by atoms with Crippen LogP contribution in [0.2, 0.25) is 0 Å². The minimum atomic E-state index is -0.190. The Hall–Kier alpha value is -2.69. The predicted octanol–water partition coefficient (Wildman–Crippen LogP) is 4.28. The molecule has 0 aliphatic carbocycles. The molecule has 1 atom stereocenters. The Morgan fingerprint density at radius 3 is 2.74 bits per heavy atom. The number of nitrogens with two attached hydrogens (primary N) is 1. The lowest BCUT2D eigenvalue weighted by Crippen LogP contribution is -2.38. The molecular formula is C22H29N3O2. The van der Waals surface area contributed by atoms with Gasteiger partial charge < -0.3 is 20.7 Å². The SMILES string of the molecule is Cc1ccc(OCC(=O)Nc2cc(N)ccc2N2CCCC[C@H]2C)cc1C. The minimum absolute atomic E-state index is 0.0354. The summed E-state index contributed by atoms with van der Waals surface area (Å²) in [5, 5.41) is 2.98. The van der Waals surface area contributed by atoms with Crippen LogP contribution in [-0.4, -0.2) is 25.1 Å². The molecule has 0 unspecified atom stereocenters. The number of piperidine rings is 1. The van der Waals surface area contributed by atoms with E-state index in [4.69, 9.17) is 10.5 Å². The molecule has 1 saturated heterocycles. The van der Waals surface area contributed by atoms with Gasteiger partial charge in [-0.05, 0) is 81.5 Å². The molecule has 2 aromatic carbocycles. The first-order chi connectivity index (χ1) is 12.9. The molecule has 144 valence electrons. The summed E-state index contributed by atoms with van der Waals surface area (Å²) in [6, 6.07) is 12.0. The smallest absolute Gasteiger partial charge is 0.262 e. The summed E-state index contributed by atoms with van der Waals surface area (Å²) in [5.74, 6) is 0.510. The molecule has 1 aliphatic heterocycles. The van der Waals surface area contributed by atoms with Gasteiger partial charge in [-0.15, -0.1) is 0 Å². The normalized spacial score (nSPS) is 16.9. The summed E-state index contributed by atoms with van der Waals surface area (Å²) >= 11 is 0. The molecule has 1 heterocycles. The molecule has 1 amide bonds. The number of hydrogen-bond donors (Lipinski definition) is 2. The van der Waals surface area contributed by atoms with Crippen molar-refractivity contribution in [2.45, 2.75) is 46.1 Å². The second kappa shape index (κ2) is 8.33. The van der Waals surface area contributed by atoms with E-state index in [9.17, 15) is 4.79 Å². The highest BCUT2D eigenvalue weighted by molar-refractivity contribution is 5.96. The van der Waals surface area contributed by atoms with Crippen molar-refractivity contribution in [3.8, 4) is 5.75 Å². The van der Waals surface area contributed by atoms with Crippen molar-refractivity contribution < 1.29 is 9.53 Å². The predicted molar refractivity (Wildman–Crippen MR) is 112 cm³/mol. The Labute approximate surface area is 161 Å². The van der Waals surface area contributed by atoms with Crippen LogP contribution in [0.1, 0.15) is 37.3 Å². The quantitative estimate of drug-likeness (QED) is 0.774. The van der Waals surface area contributed by atoms with E-state index in [1.54, 1.807) is 0 Å². The minimum Gasteiger partial charge on any atom is -0.484 e. The van der Waals surface area contributed by atoms with E-state index in [1.165, 1.54) is 12.0 Å². The largest absolute Gasteiger partial charge is 0.484 e. The molecule has 0 aromatic heterocycles. The highest BCUT2D eigenvalue weighted by Crippen LogP contribution is 2.33. The lowest BCUT2D eigenvalue weighted by Gasteiger charge is -2.36. The van der Waals surface area contributed by atoms with Crippen LogP contribution in [0.5, 0.6) is 5.75 Å². The van der Waals surface area contributed by atoms with Crippen LogP contribution in [0, 0.1) is 13.8 Å². The number of anilines is 3. The van der Waals surface area contributed by atoms with Crippen LogP contribution in [0.4, 0.5) is 17.1 Å². The molecule has 5 nitrogen and oxygen atoms in total. The molecule has 0 bridgehead atoms. The summed E-state index contributed by atoms with van der Waals surface area (Å²) < 4.78 is 5.66. The highest BCUT2D eigenvalue weighted by Gasteiger charge is 2.21. The Balaban J connectivity index is 1.69. The van der Waals surface area contributed by atoms with E-state index in [1.807, 2.05) is 43.3 Å². The standard InChI is InChI=1S/C22H29N3O2/c1-15-7-9-19(12-16(15)2)27-14-22(26)24-20-13-18(23)8-10-21(20)25-11-5-4-6-17(25)3/h7-10,12-13,17H,4-6,11,14,23H2,1-3H3,(H,24,26)/t17-/m1/s1. The summed E-state index contributed by atoms with van der Waals surface area (Å²) in [7, 11) is 0. The van der Waals surface area contributed by atoms with Crippen LogP contribution >= 0.6 is 0 Å². The molecule has 2 aromatic rings. The number of amides is 1. The fraction of sp³-hybridized carbons (Fsp3) is 0.409. The fourth-order valence-electron chi connectivity index (χ4n) is 3.50. The van der Waals surface area contributed by atoms with Gasteiger partial charge in [-0.25, -0.2) is 0 Å². The van der Waals surface area contributed by atoms with E-state index in [0.717, 1.165) is 36.3 Å². The molecule has 0 radical (unpaired) electrons. The maximum absolute atomic E-state index is 12.5. The number of nitrogen functional groups attached to an aromatic ring is 1. The first-order valence-corrected chi connectivity index (χ1v) is 9.60. The number of aryl methyl sites for hydroxylation is 2. The Morgan fingerprint density at radius 2 is 2.00 bits per heavy atom. The van der Waals surface area contributed by atoms with E-state index in [2.05, 4.69) is 24.1 Å². The molecule has 0 saturated carbocycles. The maximum atomic E-state index is 12.5. The first kappa shape index (κ1) is 19.1. The van der Waals surface area contributed by atoms with Gasteiger partial charge in [0, 0.05) is 18.3 Å². The van der Waals surface area contributed by atoms with Crippen LogP contribution in [0.25, 0.3) is 0 Å². The zero-order valence-corrected chi connectivity index (χ0v) is 16.4. The van der Waals surface area contributed by atoms with Crippen LogP contribution in [-0.2, 0) is 4.79 Å². The number of nitrogens with zero attached hydrogens (tertiary/aromatic N) is 1. The van der Waals surface area contributed by atoms with Gasteiger partial charge in [0.2, 0.25) is 0 Å². The zero-order valence-electron chi connectivity index (χ0n) is 16.4. The lowest BCUT2D eigenvalue weighted by atomic mass is 10.0. The number of carbonyl (C=O) groups is 1. The third kappa shape index (κ3) is 4.73. The number of benzene rings is 2. The van der Waals surface area contributed by atoms with Crippen LogP contribution in [0.3, 0.4) is 0 Å². The van der Waals surface area contributed by atoms with Gasteiger partial charge in [-0.3, -0.25) is 4.79 Å². The summed E-state index contributed by atoms with van der Waals surface area (Å²) in [6.45, 7) is 7.26. The van der Waals surface area contributed by atoms with Gasteiger partial charge in [0.15, 0.2) is 6.61 Å². The lowest BCUT2D eigenvalue weighted by molar-refractivity contribution is -0.118. The van der Waals surface area contributed by atoms with E-state index < -0.39 is 0 Å². The van der Waals surface area contributed by atoms with Gasteiger partial charge in [0.1, 0.15) is 5.75 Å². The van der Waals surface area contributed by atoms with Crippen molar-refractivity contribution in [2.75, 3.05) is 29.1 Å². The summed E-state index contributed by atoms with van der Waals surface area (Å²) in [6.07, 6.45) is 3.57. The zero-order chi connectivity index (χ0) is 19.4. The van der Waals surface area contributed by atoms with E-state index in [-0.39, 0.29) is 12.5 Å². The van der Waals surface area contributed by atoms with Crippen molar-refractivity contribution in [3.05, 3.63) is 47.5 Å². The second-order valence-corrected chi connectivity index (χ2v) is 7.40. The molecule has 3 rings (SSSR count). The van der Waals surface area contributed by atoms with Gasteiger partial charge >= 0.3 is 0 Å². The fourth-order valence-corrected chi connectivity index (χ4v) is 3.50. The molecular weight excluding hydrogens is 338 g/mol. The van der Waals surface area contributed by atoms with Crippen molar-refractivity contribution in [1.82, 2.24) is 0 Å². The molecule has 1 aliphatic rings. The highest BCUT2D eigenvalue weighted by atomic mass is 16.5. The van der Waals surface area contributed by atoms with Crippen molar-refractivity contribution in [1.29, 1.82) is 0 Å². The van der Waals surface area contributed by atoms with Crippen molar-refractivity contribution in [3.63, 3.8) is 0 Å². The number of hydrogen-bond acceptors (Lipinski definition) is 4. The summed E-state index contributed by atoms with van der Waals surface area (Å²) in [4.78, 5) is 14.8. The van der Waals surface area contributed by atoms with Gasteiger partial charge in [-0.2, -0.15) is 0 Å². The van der Waals surface area contributed by atoms with Crippen molar-refractivity contribution >= 4 is 23.0 Å². The van der Waals surface area contributed by atoms with Gasteiger partial charge in [0.25, 0.3) is 5.91 Å². The molecule has 0 spiro atoms. The average Bonchev–Trinajstić information content (AvgIpc) is 2.64. The molecule has 5 heteroatoms. The number of ether oxygens (including phenoxy) is 1. The Morgan fingerprint density at radius 1 is 1.19 bits per heavy atom. The van der Waals surface area contributed by atoms with Crippen molar-refractivity contribution in [2.24, 2.45) is 0 Å². The topological polar surface area (TPSA) is 67.6 Å². The monoisotopic (exact) mass is 367 g/mol. The maximum Gasteiger partial charge on any atom is 0.262 e. The number of rotatable bonds is 5. The molecule has 27 heavy (non-hydrogen) atoms. The van der Waals surface area contributed by atoms with Crippen LogP contribution in [0.15, 0.2) is 36.4 Å².